The molecule has 0 aromatic carbocycles. The van der Waals surface area contributed by atoms with Gasteiger partial charge in [0.2, 0.25) is 0 Å². The second-order valence-corrected chi connectivity index (χ2v) is 2.18. The van der Waals surface area contributed by atoms with Gasteiger partial charge >= 0.3 is 5.97 Å². The molecule has 0 rings (SSSR count). The minimum absolute atomic E-state index is 0.0738. The summed E-state index contributed by atoms with van der Waals surface area (Å²) in [5.41, 5.74) is 5.41. The molecule has 0 spiro atoms. The molecule has 3 N–H and O–H groups in total. The first-order chi connectivity index (χ1) is 4.66. The minimum Gasteiger partial charge on any atom is -0.468 e. The van der Waals surface area contributed by atoms with E-state index in [0.29, 0.717) is 6.54 Å². The summed E-state index contributed by atoms with van der Waals surface area (Å²) in [6, 6.07) is 0.0738. The van der Waals surface area contributed by atoms with Crippen molar-refractivity contribution in [1.29, 1.82) is 0 Å². The number of rotatable bonds is 4. The monoisotopic (exact) mass is 146 g/mol. The maximum atomic E-state index is 10.5. The van der Waals surface area contributed by atoms with Crippen molar-refractivity contribution in [2.24, 2.45) is 5.73 Å². The van der Waals surface area contributed by atoms with Gasteiger partial charge in [-0.25, -0.2) is 0 Å². The molecule has 10 heavy (non-hydrogen) atoms. The Morgan fingerprint density at radius 2 is 2.40 bits per heavy atom. The Bertz CT molecular complexity index is 104. The van der Waals surface area contributed by atoms with Crippen molar-refractivity contribution in [2.45, 2.75) is 13.0 Å². The fraction of sp³-hybridized carbons (Fsp3) is 0.833. The van der Waals surface area contributed by atoms with Gasteiger partial charge < -0.3 is 15.8 Å². The van der Waals surface area contributed by atoms with Crippen LogP contribution in [0.2, 0.25) is 0 Å². The highest BCUT2D eigenvalue weighted by Gasteiger charge is 1.98. The van der Waals surface area contributed by atoms with Crippen LogP contribution in [-0.4, -0.2) is 32.2 Å². The largest absolute Gasteiger partial charge is 0.468 e. The van der Waals surface area contributed by atoms with Crippen LogP contribution in [0.25, 0.3) is 0 Å². The molecule has 0 unspecified atom stereocenters. The second kappa shape index (κ2) is 5.20. The number of carbonyl (C=O) groups is 1. The molecular weight excluding hydrogens is 132 g/mol. The van der Waals surface area contributed by atoms with Gasteiger partial charge in [-0.2, -0.15) is 0 Å². The van der Waals surface area contributed by atoms with E-state index in [1.807, 2.05) is 6.92 Å². The molecule has 0 aliphatic heterocycles. The van der Waals surface area contributed by atoms with Gasteiger partial charge in [0.25, 0.3) is 0 Å². The van der Waals surface area contributed by atoms with Crippen molar-refractivity contribution >= 4 is 5.97 Å². The van der Waals surface area contributed by atoms with Gasteiger partial charge in [0.05, 0.1) is 13.7 Å². The van der Waals surface area contributed by atoms with Gasteiger partial charge in [-0.05, 0) is 6.92 Å². The number of hydrogen-bond donors (Lipinski definition) is 2. The Kier molecular flexibility index (Phi) is 4.88. The zero-order valence-corrected chi connectivity index (χ0v) is 6.39. The second-order valence-electron chi connectivity index (χ2n) is 2.18. The molecule has 0 aliphatic rings. The van der Waals surface area contributed by atoms with E-state index in [-0.39, 0.29) is 18.6 Å². The molecule has 0 fully saturated rings. The van der Waals surface area contributed by atoms with Crippen molar-refractivity contribution in [2.75, 3.05) is 20.2 Å². The lowest BCUT2D eigenvalue weighted by Gasteiger charge is -2.04. The van der Waals surface area contributed by atoms with E-state index in [0.717, 1.165) is 0 Å². The highest BCUT2D eigenvalue weighted by molar-refractivity contribution is 5.71. The first-order valence-corrected chi connectivity index (χ1v) is 3.20. The first kappa shape index (κ1) is 9.39. The lowest BCUT2D eigenvalue weighted by Crippen LogP contribution is -2.34. The van der Waals surface area contributed by atoms with E-state index in [2.05, 4.69) is 10.1 Å². The third-order valence-electron chi connectivity index (χ3n) is 0.963. The third-order valence-corrected chi connectivity index (χ3v) is 0.963. The van der Waals surface area contributed by atoms with E-state index >= 15 is 0 Å². The highest BCUT2D eigenvalue weighted by atomic mass is 16.5. The van der Waals surface area contributed by atoms with E-state index in [4.69, 9.17) is 5.73 Å². The minimum atomic E-state index is -0.263. The number of esters is 1. The van der Waals surface area contributed by atoms with Crippen LogP contribution in [0.4, 0.5) is 0 Å². The van der Waals surface area contributed by atoms with Gasteiger partial charge in [-0.3, -0.25) is 4.79 Å². The van der Waals surface area contributed by atoms with Crippen LogP contribution in [0.15, 0.2) is 0 Å². The summed E-state index contributed by atoms with van der Waals surface area (Å²) >= 11 is 0. The van der Waals surface area contributed by atoms with Crippen molar-refractivity contribution in [3.05, 3.63) is 0 Å². The van der Waals surface area contributed by atoms with Crippen LogP contribution < -0.4 is 11.1 Å². The normalized spacial score (nSPS) is 12.7. The molecular formula is C6H14N2O2. The van der Waals surface area contributed by atoms with Gasteiger partial charge in [-0.1, -0.05) is 0 Å². The van der Waals surface area contributed by atoms with E-state index in [1.165, 1.54) is 7.11 Å². The van der Waals surface area contributed by atoms with Crippen LogP contribution in [0.5, 0.6) is 0 Å². The van der Waals surface area contributed by atoms with E-state index in [1.54, 1.807) is 0 Å². The summed E-state index contributed by atoms with van der Waals surface area (Å²) in [6.45, 7) is 2.73. The van der Waals surface area contributed by atoms with Gasteiger partial charge in [-0.15, -0.1) is 0 Å². The van der Waals surface area contributed by atoms with E-state index < -0.39 is 0 Å². The smallest absolute Gasteiger partial charge is 0.319 e. The average molecular weight is 146 g/mol. The van der Waals surface area contributed by atoms with Crippen LogP contribution in [0, 0.1) is 0 Å². The topological polar surface area (TPSA) is 64.3 Å². The molecule has 0 saturated carbocycles. The van der Waals surface area contributed by atoms with E-state index in [9.17, 15) is 4.79 Å². The fourth-order valence-corrected chi connectivity index (χ4v) is 0.474. The number of carbonyl (C=O) groups excluding carboxylic acids is 1. The SMILES string of the molecule is COC(=O)CNC[C@H](C)N. The van der Waals surface area contributed by atoms with Crippen LogP contribution in [0.1, 0.15) is 6.92 Å². The Morgan fingerprint density at radius 3 is 2.80 bits per heavy atom. The molecule has 0 aromatic heterocycles. The predicted octanol–water partition coefficient (Wildman–Crippen LogP) is -0.904. The molecule has 0 radical (unpaired) electrons. The number of nitrogens with one attached hydrogen (secondary N) is 1. The zero-order valence-electron chi connectivity index (χ0n) is 6.39. The van der Waals surface area contributed by atoms with Crippen molar-refractivity contribution < 1.29 is 9.53 Å². The standard InChI is InChI=1S/C6H14N2O2/c1-5(7)3-8-4-6(9)10-2/h5,8H,3-4,7H2,1-2H3/t5-/m0/s1. The van der Waals surface area contributed by atoms with Gasteiger partial charge in [0, 0.05) is 12.6 Å². The summed E-state index contributed by atoms with van der Waals surface area (Å²) in [5, 5.41) is 2.84. The molecule has 0 aromatic rings. The number of ether oxygens (including phenoxy) is 1. The molecule has 0 aliphatic carbocycles. The summed E-state index contributed by atoms with van der Waals surface area (Å²) in [5.74, 6) is -0.263. The Labute approximate surface area is 60.7 Å². The maximum Gasteiger partial charge on any atom is 0.319 e. The first-order valence-electron chi connectivity index (χ1n) is 3.20. The molecule has 0 saturated heterocycles. The fourth-order valence-electron chi connectivity index (χ4n) is 0.474. The Hall–Kier alpha value is -0.610. The number of nitrogens with two attached hydrogens (primary N) is 1. The quantitative estimate of drug-likeness (QED) is 0.504. The van der Waals surface area contributed by atoms with Gasteiger partial charge in [0.1, 0.15) is 0 Å². The lowest BCUT2D eigenvalue weighted by molar-refractivity contribution is -0.139. The molecule has 4 nitrogen and oxygen atoms in total. The highest BCUT2D eigenvalue weighted by Crippen LogP contribution is 1.72. The molecule has 0 amide bonds. The third kappa shape index (κ3) is 5.53. The number of methoxy groups -OCH3 is 1. The number of hydrogen-bond acceptors (Lipinski definition) is 4. The van der Waals surface area contributed by atoms with Gasteiger partial charge in [0.15, 0.2) is 0 Å². The Balaban J connectivity index is 3.12. The summed E-state index contributed by atoms with van der Waals surface area (Å²) < 4.78 is 4.39. The molecule has 4 heteroatoms. The van der Waals surface area contributed by atoms with Crippen molar-refractivity contribution in [1.82, 2.24) is 5.32 Å². The van der Waals surface area contributed by atoms with Crippen LogP contribution in [-0.2, 0) is 9.53 Å². The predicted molar refractivity (Wildman–Crippen MR) is 38.5 cm³/mol. The lowest BCUT2D eigenvalue weighted by atomic mass is 10.4. The molecule has 60 valence electrons. The zero-order chi connectivity index (χ0) is 7.98. The molecule has 0 heterocycles. The van der Waals surface area contributed by atoms with Crippen molar-refractivity contribution in [3.8, 4) is 0 Å². The summed E-state index contributed by atoms with van der Waals surface area (Å²) in [6.07, 6.45) is 0. The molecule has 1 atom stereocenters. The molecule has 0 bridgehead atoms. The summed E-state index contributed by atoms with van der Waals surface area (Å²) in [4.78, 5) is 10.5. The average Bonchev–Trinajstić information content (AvgIpc) is 1.87. The van der Waals surface area contributed by atoms with Crippen molar-refractivity contribution in [3.63, 3.8) is 0 Å². The maximum absolute atomic E-state index is 10.5. The summed E-state index contributed by atoms with van der Waals surface area (Å²) in [7, 11) is 1.36. The van der Waals surface area contributed by atoms with Crippen LogP contribution >= 0.6 is 0 Å². The Morgan fingerprint density at radius 1 is 1.80 bits per heavy atom. The van der Waals surface area contributed by atoms with Crippen LogP contribution in [0.3, 0.4) is 0 Å².